The van der Waals surface area contributed by atoms with Gasteiger partial charge in [0.1, 0.15) is 4.88 Å². The Morgan fingerprint density at radius 2 is 2.55 bits per heavy atom. The Balaban J connectivity index is 2.92. The zero-order valence-electron chi connectivity index (χ0n) is 5.83. The van der Waals surface area contributed by atoms with Crippen LogP contribution in [-0.2, 0) is 4.74 Å². The first-order valence-corrected chi connectivity index (χ1v) is 4.18. The van der Waals surface area contributed by atoms with Crippen molar-refractivity contribution in [2.75, 3.05) is 11.8 Å². The van der Waals surface area contributed by atoms with E-state index in [9.17, 15) is 4.79 Å². The van der Waals surface area contributed by atoms with Crippen molar-refractivity contribution >= 4 is 35.8 Å². The number of nitrogens with one attached hydrogen (secondary N) is 1. The average Bonchev–Trinajstić information content (AvgIpc) is 2.50. The number of anilines is 1. The predicted molar refractivity (Wildman–Crippen MR) is 48.3 cm³/mol. The molecule has 11 heavy (non-hydrogen) atoms. The normalized spacial score (nSPS) is 9.27. The Morgan fingerprint density at radius 1 is 1.82 bits per heavy atom. The van der Waals surface area contributed by atoms with Gasteiger partial charge in [-0.2, -0.15) is 0 Å². The highest BCUT2D eigenvalue weighted by Gasteiger charge is 2.11. The Kier molecular flexibility index (Phi) is 2.78. The fraction of sp³-hybridized carbons (Fsp3) is 0.167. The summed E-state index contributed by atoms with van der Waals surface area (Å²) in [5.41, 5.74) is 0.685. The molecule has 1 aromatic heterocycles. The number of carbonyl (C=O) groups is 1. The summed E-state index contributed by atoms with van der Waals surface area (Å²) in [6.45, 7) is 0. The van der Waals surface area contributed by atoms with Crippen LogP contribution in [0.5, 0.6) is 0 Å². The molecule has 0 aliphatic carbocycles. The van der Waals surface area contributed by atoms with E-state index in [1.807, 2.05) is 0 Å². The lowest BCUT2D eigenvalue weighted by Crippen LogP contribution is -1.99. The smallest absolute Gasteiger partial charge is 0.350 e. The SMILES string of the molecule is COC(=O)c1sccc1NS. The maximum atomic E-state index is 11.0. The van der Waals surface area contributed by atoms with E-state index in [0.29, 0.717) is 10.6 Å². The lowest BCUT2D eigenvalue weighted by atomic mass is 10.4. The van der Waals surface area contributed by atoms with Crippen molar-refractivity contribution in [1.29, 1.82) is 0 Å². The summed E-state index contributed by atoms with van der Waals surface area (Å²) < 4.78 is 7.13. The van der Waals surface area contributed by atoms with E-state index in [1.165, 1.54) is 18.4 Å². The number of thiophene rings is 1. The zero-order chi connectivity index (χ0) is 8.27. The molecule has 0 atom stereocenters. The van der Waals surface area contributed by atoms with Gasteiger partial charge in [0.05, 0.1) is 12.8 Å². The Hall–Kier alpha value is -0.680. The first-order valence-electron chi connectivity index (χ1n) is 2.85. The van der Waals surface area contributed by atoms with Gasteiger partial charge < -0.3 is 9.46 Å². The molecule has 1 aromatic rings. The van der Waals surface area contributed by atoms with Crippen LogP contribution < -0.4 is 4.72 Å². The molecular formula is C6H7NO2S2. The zero-order valence-corrected chi connectivity index (χ0v) is 7.54. The van der Waals surface area contributed by atoms with Gasteiger partial charge in [-0.3, -0.25) is 0 Å². The highest BCUT2D eigenvalue weighted by atomic mass is 32.1. The largest absolute Gasteiger partial charge is 0.465 e. The minimum Gasteiger partial charge on any atom is -0.465 e. The first kappa shape index (κ1) is 8.42. The molecule has 0 spiro atoms. The molecule has 0 amide bonds. The van der Waals surface area contributed by atoms with Gasteiger partial charge in [0, 0.05) is 0 Å². The number of ether oxygens (including phenoxy) is 1. The number of thiol groups is 1. The topological polar surface area (TPSA) is 38.3 Å². The number of esters is 1. The molecule has 0 unspecified atom stereocenters. The maximum Gasteiger partial charge on any atom is 0.350 e. The van der Waals surface area contributed by atoms with E-state index in [4.69, 9.17) is 0 Å². The molecular weight excluding hydrogens is 182 g/mol. The summed E-state index contributed by atoms with van der Waals surface area (Å²) in [4.78, 5) is 11.5. The monoisotopic (exact) mass is 189 g/mol. The van der Waals surface area contributed by atoms with Crippen LogP contribution >= 0.6 is 24.2 Å². The van der Waals surface area contributed by atoms with Gasteiger partial charge in [0.15, 0.2) is 0 Å². The summed E-state index contributed by atoms with van der Waals surface area (Å²) in [5, 5.41) is 1.80. The molecule has 0 radical (unpaired) electrons. The van der Waals surface area contributed by atoms with Crippen LogP contribution in [0.25, 0.3) is 0 Å². The number of hydrogen-bond donors (Lipinski definition) is 2. The highest BCUT2D eigenvalue weighted by molar-refractivity contribution is 7.81. The Bertz CT molecular complexity index is 259. The predicted octanol–water partition coefficient (Wildman–Crippen LogP) is 1.79. The number of methoxy groups -OCH3 is 1. The average molecular weight is 189 g/mol. The lowest BCUT2D eigenvalue weighted by Gasteiger charge is -1.98. The summed E-state index contributed by atoms with van der Waals surface area (Å²) in [7, 11) is 1.35. The van der Waals surface area contributed by atoms with Gasteiger partial charge in [-0.05, 0) is 11.4 Å². The fourth-order valence-corrected chi connectivity index (χ4v) is 1.68. The third-order valence-corrected chi connectivity index (χ3v) is 2.29. The summed E-state index contributed by atoms with van der Waals surface area (Å²) in [6, 6.07) is 1.77. The van der Waals surface area contributed by atoms with Crippen molar-refractivity contribution in [2.45, 2.75) is 0 Å². The Labute approximate surface area is 73.9 Å². The van der Waals surface area contributed by atoms with Crippen LogP contribution in [0.3, 0.4) is 0 Å². The van der Waals surface area contributed by atoms with Gasteiger partial charge in [0.2, 0.25) is 0 Å². The number of hydrogen-bond acceptors (Lipinski definition) is 5. The van der Waals surface area contributed by atoms with E-state index >= 15 is 0 Å². The maximum absolute atomic E-state index is 11.0. The van der Waals surface area contributed by atoms with E-state index in [1.54, 1.807) is 11.4 Å². The summed E-state index contributed by atoms with van der Waals surface area (Å²) in [5.74, 6) is -0.337. The van der Waals surface area contributed by atoms with Crippen LogP contribution in [0, 0.1) is 0 Å². The fourth-order valence-electron chi connectivity index (χ4n) is 0.648. The van der Waals surface area contributed by atoms with E-state index in [0.717, 1.165) is 0 Å². The van der Waals surface area contributed by atoms with E-state index in [-0.39, 0.29) is 5.97 Å². The minimum atomic E-state index is -0.337. The van der Waals surface area contributed by atoms with Crippen molar-refractivity contribution in [3.8, 4) is 0 Å². The minimum absolute atomic E-state index is 0.337. The molecule has 0 aliphatic rings. The molecule has 1 heterocycles. The van der Waals surface area contributed by atoms with Crippen LogP contribution in [-0.4, -0.2) is 13.1 Å². The third kappa shape index (κ3) is 1.66. The van der Waals surface area contributed by atoms with E-state index in [2.05, 4.69) is 22.3 Å². The summed E-state index contributed by atoms with van der Waals surface area (Å²) >= 11 is 5.15. The second-order valence-corrected chi connectivity index (χ2v) is 2.91. The number of carbonyl (C=O) groups excluding carboxylic acids is 1. The third-order valence-electron chi connectivity index (χ3n) is 1.16. The van der Waals surface area contributed by atoms with Gasteiger partial charge in [-0.25, -0.2) is 4.79 Å². The van der Waals surface area contributed by atoms with Gasteiger partial charge >= 0.3 is 5.97 Å². The molecule has 0 saturated carbocycles. The van der Waals surface area contributed by atoms with Crippen molar-refractivity contribution in [1.82, 2.24) is 0 Å². The molecule has 0 aromatic carbocycles. The molecule has 0 bridgehead atoms. The van der Waals surface area contributed by atoms with Gasteiger partial charge in [-0.1, -0.05) is 12.8 Å². The standard InChI is InChI=1S/C6H7NO2S2/c1-9-6(8)5-4(7-10)2-3-11-5/h2-3,7,10H,1H3. The molecule has 0 saturated heterocycles. The quantitative estimate of drug-likeness (QED) is 0.550. The molecule has 1 rings (SSSR count). The van der Waals surface area contributed by atoms with Gasteiger partial charge in [-0.15, -0.1) is 11.3 Å². The highest BCUT2D eigenvalue weighted by Crippen LogP contribution is 2.23. The molecule has 5 heteroatoms. The van der Waals surface area contributed by atoms with Crippen LogP contribution in [0.4, 0.5) is 5.69 Å². The van der Waals surface area contributed by atoms with Gasteiger partial charge in [0.25, 0.3) is 0 Å². The van der Waals surface area contributed by atoms with Crippen molar-refractivity contribution in [2.24, 2.45) is 0 Å². The number of rotatable bonds is 2. The van der Waals surface area contributed by atoms with Crippen LogP contribution in [0.1, 0.15) is 9.67 Å². The first-order chi connectivity index (χ1) is 5.29. The molecule has 1 N–H and O–H groups in total. The molecule has 3 nitrogen and oxygen atoms in total. The van der Waals surface area contributed by atoms with Crippen LogP contribution in [0.2, 0.25) is 0 Å². The van der Waals surface area contributed by atoms with Crippen LogP contribution in [0.15, 0.2) is 11.4 Å². The second-order valence-electron chi connectivity index (χ2n) is 1.77. The molecule has 60 valence electrons. The lowest BCUT2D eigenvalue weighted by molar-refractivity contribution is 0.0607. The van der Waals surface area contributed by atoms with Crippen molar-refractivity contribution < 1.29 is 9.53 Å². The van der Waals surface area contributed by atoms with Crippen molar-refractivity contribution in [3.05, 3.63) is 16.3 Å². The van der Waals surface area contributed by atoms with E-state index < -0.39 is 0 Å². The Morgan fingerprint density at radius 3 is 3.09 bits per heavy atom. The summed E-state index contributed by atoms with van der Waals surface area (Å²) in [6.07, 6.45) is 0. The molecule has 0 aliphatic heterocycles. The van der Waals surface area contributed by atoms with Crippen molar-refractivity contribution in [3.63, 3.8) is 0 Å². The molecule has 0 fully saturated rings. The second kappa shape index (κ2) is 3.64.